The van der Waals surface area contributed by atoms with E-state index in [1.165, 1.54) is 12.1 Å². The molecule has 2 heterocycles. The summed E-state index contributed by atoms with van der Waals surface area (Å²) in [6.07, 6.45) is 0.578. The van der Waals surface area contributed by atoms with Crippen LogP contribution in [-0.4, -0.2) is 55.4 Å². The Balaban J connectivity index is 0.00000178. The number of nitrogens with one attached hydrogen (secondary N) is 1. The van der Waals surface area contributed by atoms with Crippen LogP contribution in [0.3, 0.4) is 0 Å². The average Bonchev–Trinajstić information content (AvgIpc) is 3.58. The van der Waals surface area contributed by atoms with E-state index in [-0.39, 0.29) is 34.7 Å². The monoisotopic (exact) mass is 516 g/mol. The van der Waals surface area contributed by atoms with E-state index in [1.807, 2.05) is 30.3 Å². The number of carbonyl (C=O) groups is 1. The highest BCUT2D eigenvalue weighted by Crippen LogP contribution is 2.51. The fourth-order valence-corrected chi connectivity index (χ4v) is 5.35. The molecular weight excluding hydrogens is 484 g/mol. The Bertz CT molecular complexity index is 1400. The fourth-order valence-electron chi connectivity index (χ4n) is 4.28. The molecule has 1 atom stereocenters. The van der Waals surface area contributed by atoms with Gasteiger partial charge in [-0.2, -0.15) is 0 Å². The van der Waals surface area contributed by atoms with Crippen LogP contribution < -0.4 is 14.2 Å². The van der Waals surface area contributed by atoms with Crippen LogP contribution >= 0.6 is 0 Å². The van der Waals surface area contributed by atoms with E-state index in [2.05, 4.69) is 9.71 Å². The Morgan fingerprint density at radius 2 is 1.83 bits per heavy atom. The van der Waals surface area contributed by atoms with Gasteiger partial charge in [-0.3, -0.25) is 9.78 Å². The molecule has 3 N–H and O–H groups in total. The second kappa shape index (κ2) is 9.62. The molecule has 2 aliphatic rings. The minimum atomic E-state index is -3.83. The molecule has 36 heavy (non-hydrogen) atoms. The molecular formula is C26H32N2O7S. The molecule has 5 rings (SSSR count). The number of hydrogen-bond donors (Lipinski definition) is 3. The van der Waals surface area contributed by atoms with Gasteiger partial charge < -0.3 is 19.7 Å². The SMILES string of the molecule is O=C(Cc1cccc(-c2ccc(S(=O)(=O)NCC(O)CO)cc2)n1)C1(c2ccc3c(c2)OCO3)CC1.[HH].[HH].[HH]. The van der Waals surface area contributed by atoms with Crippen LogP contribution in [-0.2, 0) is 26.7 Å². The molecule has 1 aromatic heterocycles. The van der Waals surface area contributed by atoms with Gasteiger partial charge in [-0.25, -0.2) is 13.1 Å². The van der Waals surface area contributed by atoms with E-state index >= 15 is 0 Å². The number of carbonyl (C=O) groups excluding carboxylic acids is 1. The van der Waals surface area contributed by atoms with E-state index in [4.69, 9.17) is 14.6 Å². The zero-order chi connectivity index (χ0) is 25.3. The van der Waals surface area contributed by atoms with Crippen molar-refractivity contribution in [3.05, 3.63) is 71.9 Å². The van der Waals surface area contributed by atoms with Crippen molar-refractivity contribution in [2.24, 2.45) is 0 Å². The lowest BCUT2D eigenvalue weighted by molar-refractivity contribution is -0.120. The third-order valence-corrected chi connectivity index (χ3v) is 7.98. The van der Waals surface area contributed by atoms with E-state index in [1.54, 1.807) is 18.2 Å². The molecule has 0 radical (unpaired) electrons. The summed E-state index contributed by atoms with van der Waals surface area (Å²) in [6.45, 7) is -0.636. The number of nitrogens with zero attached hydrogens (tertiary/aromatic N) is 1. The molecule has 0 spiro atoms. The second-order valence-corrected chi connectivity index (χ2v) is 10.7. The third kappa shape index (κ3) is 4.85. The molecule has 1 unspecified atom stereocenters. The Morgan fingerprint density at radius 3 is 2.56 bits per heavy atom. The van der Waals surface area contributed by atoms with Gasteiger partial charge in [0, 0.05) is 28.5 Å². The molecule has 1 aliphatic heterocycles. The molecule has 1 fully saturated rings. The maximum atomic E-state index is 13.3. The molecule has 1 aliphatic carbocycles. The van der Waals surface area contributed by atoms with Gasteiger partial charge in [-0.1, -0.05) is 24.3 Å². The van der Waals surface area contributed by atoms with Gasteiger partial charge in [0.25, 0.3) is 0 Å². The number of sulfonamides is 1. The number of rotatable bonds is 10. The third-order valence-electron chi connectivity index (χ3n) is 6.54. The number of aromatic nitrogens is 1. The van der Waals surface area contributed by atoms with Crippen LogP contribution in [0.15, 0.2) is 65.6 Å². The number of ether oxygens (including phenoxy) is 2. The van der Waals surface area contributed by atoms with Gasteiger partial charge in [-0.15, -0.1) is 0 Å². The number of ketones is 1. The molecule has 9 nitrogen and oxygen atoms in total. The second-order valence-electron chi connectivity index (χ2n) is 8.98. The number of fused-ring (bicyclic) bond motifs is 1. The Morgan fingerprint density at radius 1 is 1.08 bits per heavy atom. The first-order valence-corrected chi connectivity index (χ1v) is 13.1. The molecule has 3 aromatic rings. The number of aliphatic hydroxyl groups is 2. The standard InChI is InChI=1S/C26H26N2O7S.3H2/c29-15-20(30)14-27-36(32,33)21-7-4-17(5-8-21)22-3-1-2-19(28-22)13-25(31)26(10-11-26)18-6-9-23-24(12-18)35-16-34-23;;;/h1-9,12,20,27,29-30H,10-11,13-16H2;3*1H. The van der Waals surface area contributed by atoms with E-state index < -0.39 is 28.1 Å². The number of pyridine rings is 1. The highest BCUT2D eigenvalue weighted by atomic mass is 32.2. The Hall–Kier alpha value is -3.31. The molecule has 1 saturated carbocycles. The fraction of sp³-hybridized carbons (Fsp3) is 0.308. The summed E-state index contributed by atoms with van der Waals surface area (Å²) in [5, 5.41) is 18.2. The number of benzene rings is 2. The van der Waals surface area contributed by atoms with Crippen LogP contribution in [0, 0.1) is 0 Å². The van der Waals surface area contributed by atoms with Crippen molar-refractivity contribution in [1.29, 1.82) is 0 Å². The zero-order valence-corrected chi connectivity index (χ0v) is 20.2. The number of hydrogen-bond acceptors (Lipinski definition) is 8. The van der Waals surface area contributed by atoms with Crippen molar-refractivity contribution in [1.82, 2.24) is 9.71 Å². The van der Waals surface area contributed by atoms with E-state index in [9.17, 15) is 18.3 Å². The zero-order valence-electron chi connectivity index (χ0n) is 19.4. The van der Waals surface area contributed by atoms with Crippen molar-refractivity contribution in [3.8, 4) is 22.8 Å². The summed E-state index contributed by atoms with van der Waals surface area (Å²) in [6, 6.07) is 17.3. The van der Waals surface area contributed by atoms with Crippen LogP contribution in [0.1, 0.15) is 28.4 Å². The molecule has 0 bridgehead atoms. The van der Waals surface area contributed by atoms with Crippen molar-refractivity contribution in [2.75, 3.05) is 19.9 Å². The predicted octanol–water partition coefficient (Wildman–Crippen LogP) is 2.69. The molecule has 2 aromatic carbocycles. The smallest absolute Gasteiger partial charge is 0.240 e. The summed E-state index contributed by atoms with van der Waals surface area (Å²) in [7, 11) is -3.83. The van der Waals surface area contributed by atoms with E-state index in [0.717, 1.165) is 18.4 Å². The van der Waals surface area contributed by atoms with Crippen molar-refractivity contribution in [3.63, 3.8) is 0 Å². The first-order valence-electron chi connectivity index (χ1n) is 11.6. The Labute approximate surface area is 213 Å². The van der Waals surface area contributed by atoms with Gasteiger partial charge in [-0.05, 0) is 54.8 Å². The maximum absolute atomic E-state index is 13.3. The van der Waals surface area contributed by atoms with Gasteiger partial charge in [0.2, 0.25) is 16.8 Å². The molecule has 0 saturated heterocycles. The van der Waals surface area contributed by atoms with Crippen molar-refractivity contribution >= 4 is 15.8 Å². The highest BCUT2D eigenvalue weighted by Gasteiger charge is 2.51. The van der Waals surface area contributed by atoms with Crippen LogP contribution in [0.25, 0.3) is 11.3 Å². The van der Waals surface area contributed by atoms with Gasteiger partial charge in [0.05, 0.1) is 28.7 Å². The summed E-state index contributed by atoms with van der Waals surface area (Å²) in [4.78, 5) is 18.0. The normalized spacial score (nSPS) is 16.5. The Kier molecular flexibility index (Phi) is 6.52. The minimum absolute atomic E-state index is 0. The van der Waals surface area contributed by atoms with Gasteiger partial charge in [0.1, 0.15) is 5.78 Å². The molecule has 10 heteroatoms. The lowest BCUT2D eigenvalue weighted by atomic mass is 9.88. The van der Waals surface area contributed by atoms with Crippen molar-refractivity contribution in [2.45, 2.75) is 35.7 Å². The average molecular weight is 517 g/mol. The van der Waals surface area contributed by atoms with Gasteiger partial charge >= 0.3 is 0 Å². The lowest BCUT2D eigenvalue weighted by Gasteiger charge is -2.15. The van der Waals surface area contributed by atoms with Crippen LogP contribution in [0.5, 0.6) is 11.5 Å². The van der Waals surface area contributed by atoms with Gasteiger partial charge in [0.15, 0.2) is 11.5 Å². The summed E-state index contributed by atoms with van der Waals surface area (Å²) >= 11 is 0. The molecule has 0 amide bonds. The predicted molar refractivity (Wildman–Crippen MR) is 136 cm³/mol. The number of Topliss-reactive ketones (excluding diaryl/α,β-unsaturated/α-hetero) is 1. The van der Waals surface area contributed by atoms with E-state index in [0.29, 0.717) is 28.5 Å². The van der Waals surface area contributed by atoms with Crippen LogP contribution in [0.2, 0.25) is 0 Å². The minimum Gasteiger partial charge on any atom is -0.454 e. The quantitative estimate of drug-likeness (QED) is 0.374. The first-order chi connectivity index (χ1) is 17.3. The van der Waals surface area contributed by atoms with Crippen LogP contribution in [0.4, 0.5) is 0 Å². The first kappa shape index (κ1) is 24.4. The molecule has 194 valence electrons. The van der Waals surface area contributed by atoms with Crippen molar-refractivity contribution < 1.29 is 37.2 Å². The maximum Gasteiger partial charge on any atom is 0.240 e. The summed E-state index contributed by atoms with van der Waals surface area (Å²) < 4.78 is 37.9. The number of aliphatic hydroxyl groups excluding tert-OH is 2. The summed E-state index contributed by atoms with van der Waals surface area (Å²) in [5.74, 6) is 1.45. The topological polar surface area (TPSA) is 135 Å². The lowest BCUT2D eigenvalue weighted by Crippen LogP contribution is -2.33. The summed E-state index contributed by atoms with van der Waals surface area (Å²) in [5.41, 5.74) is 2.38. The largest absolute Gasteiger partial charge is 0.454 e. The highest BCUT2D eigenvalue weighted by molar-refractivity contribution is 7.89.